The number of carbonyl (C=O) groups is 2. The van der Waals surface area contributed by atoms with Crippen molar-refractivity contribution in [2.24, 2.45) is 5.41 Å². The molecule has 1 aliphatic rings. The van der Waals surface area contributed by atoms with Crippen LogP contribution in [0.15, 0.2) is 66.9 Å². The van der Waals surface area contributed by atoms with Crippen LogP contribution in [0.2, 0.25) is 0 Å². The van der Waals surface area contributed by atoms with Crippen molar-refractivity contribution in [3.63, 3.8) is 0 Å². The fourth-order valence-corrected chi connectivity index (χ4v) is 8.29. The van der Waals surface area contributed by atoms with Gasteiger partial charge in [0.15, 0.2) is 11.6 Å². The van der Waals surface area contributed by atoms with Crippen molar-refractivity contribution in [2.45, 2.75) is 33.1 Å². The number of pyridine rings is 1. The molecule has 1 fully saturated rings. The van der Waals surface area contributed by atoms with Crippen molar-refractivity contribution >= 4 is 54.9 Å². The first kappa shape index (κ1) is 39.2. The molecule has 5 rings (SSSR count). The summed E-state index contributed by atoms with van der Waals surface area (Å²) in [6.07, 6.45) is 3.09. The first-order valence-corrected chi connectivity index (χ1v) is 21.0. The molecule has 2 amide bonds. The number of anilines is 2. The number of hydrogen-bond donors (Lipinski definition) is 2. The van der Waals surface area contributed by atoms with Gasteiger partial charge in [0.25, 0.3) is 0 Å². The van der Waals surface area contributed by atoms with E-state index in [1.165, 1.54) is 36.4 Å². The molecule has 0 bridgehead atoms. The van der Waals surface area contributed by atoms with E-state index >= 15 is 4.39 Å². The van der Waals surface area contributed by atoms with Crippen LogP contribution in [-0.4, -0.2) is 74.7 Å². The van der Waals surface area contributed by atoms with Crippen LogP contribution in [0.1, 0.15) is 33.1 Å². The zero-order valence-electron chi connectivity index (χ0n) is 29.9. The third kappa shape index (κ3) is 9.70. The molecule has 1 heterocycles. The van der Waals surface area contributed by atoms with Gasteiger partial charge in [-0.25, -0.2) is 8.78 Å². The van der Waals surface area contributed by atoms with E-state index in [9.17, 15) is 18.5 Å². The summed E-state index contributed by atoms with van der Waals surface area (Å²) in [5.74, 6) is -1.25. The van der Waals surface area contributed by atoms with Gasteiger partial charge in [0.2, 0.25) is 11.8 Å². The highest BCUT2D eigenvalue weighted by molar-refractivity contribution is 7.64. The summed E-state index contributed by atoms with van der Waals surface area (Å²) in [5, 5.41) is 6.95. The van der Waals surface area contributed by atoms with Gasteiger partial charge in [0.05, 0.1) is 25.3 Å². The predicted octanol–water partition coefficient (Wildman–Crippen LogP) is 7.95. The number of amides is 2. The second kappa shape index (κ2) is 17.2. The Morgan fingerprint density at radius 3 is 2.17 bits per heavy atom. The summed E-state index contributed by atoms with van der Waals surface area (Å²) < 4.78 is 64.7. The van der Waals surface area contributed by atoms with Gasteiger partial charge in [-0.15, -0.1) is 0 Å². The summed E-state index contributed by atoms with van der Waals surface area (Å²) in [7, 11) is -1.91. The molecule has 0 spiro atoms. The smallest absolute Gasteiger partial charge is 0.344 e. The summed E-state index contributed by atoms with van der Waals surface area (Å²) >= 11 is 0. The molecule has 1 saturated carbocycles. The molecule has 15 heteroatoms. The Hall–Kier alpha value is -3.99. The number of rotatable bonds is 18. The Balaban J connectivity index is 1.25. The summed E-state index contributed by atoms with van der Waals surface area (Å²) in [5.41, 5.74) is -0.0928. The lowest BCUT2D eigenvalue weighted by Gasteiger charge is -2.23. The third-order valence-corrected chi connectivity index (χ3v) is 11.8. The minimum absolute atomic E-state index is 0.0695. The quantitative estimate of drug-likeness (QED) is 0.0591. The Bertz CT molecular complexity index is 1930. The zero-order chi connectivity index (χ0) is 37.5. The highest BCUT2D eigenvalue weighted by Crippen LogP contribution is 2.49. The molecule has 0 unspecified atom stereocenters. The number of carbonyl (C=O) groups excluding carboxylic acids is 2. The van der Waals surface area contributed by atoms with E-state index in [0.29, 0.717) is 73.7 Å². The van der Waals surface area contributed by atoms with Gasteiger partial charge in [-0.1, -0.05) is 7.92 Å². The van der Waals surface area contributed by atoms with Crippen LogP contribution in [0.25, 0.3) is 10.9 Å². The number of fused-ring (bicyclic) bond motifs is 1. The van der Waals surface area contributed by atoms with E-state index < -0.39 is 44.4 Å². The summed E-state index contributed by atoms with van der Waals surface area (Å²) in [4.78, 5) is 32.5. The van der Waals surface area contributed by atoms with Crippen molar-refractivity contribution in [2.75, 3.05) is 63.7 Å². The molecule has 1 aromatic heterocycles. The van der Waals surface area contributed by atoms with Gasteiger partial charge in [-0.05, 0) is 108 Å². The van der Waals surface area contributed by atoms with Gasteiger partial charge in [-0.2, -0.15) is 0 Å². The van der Waals surface area contributed by atoms with Gasteiger partial charge in [0, 0.05) is 40.9 Å². The molecule has 0 radical (unpaired) electrons. The maximum atomic E-state index is 15.4. The average molecular weight is 757 g/mol. The third-order valence-electron chi connectivity index (χ3n) is 8.40. The lowest BCUT2D eigenvalue weighted by Crippen LogP contribution is -2.35. The van der Waals surface area contributed by atoms with Crippen LogP contribution in [0.4, 0.5) is 20.2 Å². The molecule has 0 saturated heterocycles. The molecule has 11 nitrogen and oxygen atoms in total. The van der Waals surface area contributed by atoms with Crippen LogP contribution in [0, 0.1) is 17.0 Å². The Morgan fingerprint density at radius 2 is 1.56 bits per heavy atom. The fraction of sp³-hybridized carbons (Fsp3) is 0.378. The molecule has 0 atom stereocenters. The molecule has 0 aliphatic heterocycles. The van der Waals surface area contributed by atoms with Gasteiger partial charge < -0.3 is 29.2 Å². The monoisotopic (exact) mass is 756 g/mol. The number of aromatic nitrogens is 1. The van der Waals surface area contributed by atoms with E-state index in [2.05, 4.69) is 28.9 Å². The predicted molar refractivity (Wildman–Crippen MR) is 200 cm³/mol. The van der Waals surface area contributed by atoms with Crippen molar-refractivity contribution in [1.29, 1.82) is 0 Å². The number of nitrogens with zero attached hydrogens (tertiary/aromatic N) is 2. The lowest BCUT2D eigenvalue weighted by atomic mass is 10.0. The highest BCUT2D eigenvalue weighted by atomic mass is 31.2. The maximum absolute atomic E-state index is 15.4. The van der Waals surface area contributed by atoms with Gasteiger partial charge in [0.1, 0.15) is 29.0 Å². The second-order valence-corrected chi connectivity index (χ2v) is 16.9. The van der Waals surface area contributed by atoms with Crippen molar-refractivity contribution in [1.82, 2.24) is 9.88 Å². The SMILES string of the molecule is CCOP(=O)(CN(C)CCCOc1cc2c(Oc3ccc(NC(=O)C4(C(=O)Nc5ccc(F)cc5)CC4)cc3F)ccnc2cc1P(C)C)OCC. The minimum atomic E-state index is -3.20. The van der Waals surface area contributed by atoms with Gasteiger partial charge >= 0.3 is 7.60 Å². The largest absolute Gasteiger partial charge is 0.493 e. The summed E-state index contributed by atoms with van der Waals surface area (Å²) in [6.45, 7) is 9.41. The zero-order valence-corrected chi connectivity index (χ0v) is 31.7. The molecule has 2 N–H and O–H groups in total. The van der Waals surface area contributed by atoms with E-state index in [0.717, 1.165) is 11.4 Å². The van der Waals surface area contributed by atoms with E-state index in [1.54, 1.807) is 26.1 Å². The van der Waals surface area contributed by atoms with Crippen molar-refractivity contribution < 1.29 is 41.5 Å². The number of ether oxygens (including phenoxy) is 2. The number of halogens is 2. The Morgan fingerprint density at radius 1 is 0.904 bits per heavy atom. The van der Waals surface area contributed by atoms with Crippen molar-refractivity contribution in [3.05, 3.63) is 78.5 Å². The van der Waals surface area contributed by atoms with E-state index in [-0.39, 0.29) is 17.7 Å². The van der Waals surface area contributed by atoms with E-state index in [1.807, 2.05) is 24.1 Å². The topological polar surface area (TPSA) is 128 Å². The standard InChI is InChI=1S/C37H44F2N4O7P2/c1-6-48-52(46,49-7-2)24-43(3)19-8-20-47-33-22-28-30(23-34(33)51(4)5)40-18-15-31(28)50-32-14-13-27(21-29(32)39)42-36(45)37(16-17-37)35(44)41-26-11-9-25(38)10-12-26/h9-15,18,21-23H,6-8,16-17,19-20,24H2,1-5H3,(H,41,44)(H,42,45). The average Bonchev–Trinajstić information content (AvgIpc) is 3.91. The van der Waals surface area contributed by atoms with E-state index in [4.69, 9.17) is 18.5 Å². The van der Waals surface area contributed by atoms with Crippen molar-refractivity contribution in [3.8, 4) is 17.2 Å². The summed E-state index contributed by atoms with van der Waals surface area (Å²) in [6, 6.07) is 14.8. The molecule has 52 heavy (non-hydrogen) atoms. The number of benzene rings is 3. The van der Waals surface area contributed by atoms with Crippen LogP contribution >= 0.6 is 15.5 Å². The first-order chi connectivity index (χ1) is 24.9. The molecular formula is C37H44F2N4O7P2. The molecule has 4 aromatic rings. The Kier molecular flexibility index (Phi) is 13.0. The Labute approximate surface area is 303 Å². The van der Waals surface area contributed by atoms with Crippen LogP contribution < -0.4 is 25.4 Å². The maximum Gasteiger partial charge on any atom is 0.344 e. The molecule has 1 aliphatic carbocycles. The normalized spacial score (nSPS) is 13.7. The molecule has 278 valence electrons. The lowest BCUT2D eigenvalue weighted by molar-refractivity contribution is -0.131. The first-order valence-electron chi connectivity index (χ1n) is 17.0. The van der Waals surface area contributed by atoms with Crippen LogP contribution in [-0.2, 0) is 23.2 Å². The van der Waals surface area contributed by atoms with Crippen LogP contribution in [0.3, 0.4) is 0 Å². The second-order valence-electron chi connectivity index (χ2n) is 12.7. The van der Waals surface area contributed by atoms with Crippen LogP contribution in [0.5, 0.6) is 17.2 Å². The fourth-order valence-electron chi connectivity index (χ4n) is 5.58. The van der Waals surface area contributed by atoms with Gasteiger partial charge in [-0.3, -0.25) is 24.0 Å². The molecular weight excluding hydrogens is 712 g/mol. The highest BCUT2D eigenvalue weighted by Gasteiger charge is 2.56. The minimum Gasteiger partial charge on any atom is -0.493 e. The number of hydrogen-bond acceptors (Lipinski definition) is 9. The number of nitrogens with one attached hydrogen (secondary N) is 2. The molecule has 3 aromatic carbocycles.